The van der Waals surface area contributed by atoms with Crippen molar-refractivity contribution < 1.29 is 24.5 Å². The van der Waals surface area contributed by atoms with Gasteiger partial charge in [0.05, 0.1) is 11.0 Å². The molecule has 4 bridgehead atoms. The standard InChI is InChI=1S/C28H30N2O5/c31-19-9-8-17-14-20-28-11-10-27(33,23(35-28)24(32)29-18-4-2-1-3-5-18)25-26(28,21(17)22(19)34-25)12-13-30(20)15-16-6-7-16/h1-5,8-9,16,20,23,25,31,33H,6-7,10-15H2,(H,29,32)/t20-,23-,25-,26+,27-,28-/m1/s1. The van der Waals surface area contributed by atoms with Crippen LogP contribution in [0.1, 0.15) is 43.2 Å². The molecule has 2 spiro atoms. The van der Waals surface area contributed by atoms with E-state index in [1.807, 2.05) is 36.4 Å². The van der Waals surface area contributed by atoms with Crippen LogP contribution in [-0.2, 0) is 21.4 Å². The number of ether oxygens (including phenoxy) is 2. The zero-order valence-corrected chi connectivity index (χ0v) is 19.6. The Morgan fingerprint density at radius 3 is 2.74 bits per heavy atom. The predicted octanol–water partition coefficient (Wildman–Crippen LogP) is 2.73. The first-order chi connectivity index (χ1) is 17.0. The Balaban J connectivity index is 1.28. The quantitative estimate of drug-likeness (QED) is 0.631. The summed E-state index contributed by atoms with van der Waals surface area (Å²) >= 11 is 0. The van der Waals surface area contributed by atoms with Crippen LogP contribution in [0.4, 0.5) is 5.69 Å². The molecule has 1 amide bonds. The Morgan fingerprint density at radius 2 is 1.94 bits per heavy atom. The van der Waals surface area contributed by atoms with Crippen molar-refractivity contribution in [3.05, 3.63) is 53.6 Å². The molecule has 0 aromatic heterocycles. The summed E-state index contributed by atoms with van der Waals surface area (Å²) in [5, 5.41) is 26.0. The maximum atomic E-state index is 13.6. The minimum Gasteiger partial charge on any atom is -0.504 e. The molecule has 7 aliphatic rings. The lowest BCUT2D eigenvalue weighted by atomic mass is 9.44. The molecule has 0 unspecified atom stereocenters. The molecule has 4 aliphatic heterocycles. The van der Waals surface area contributed by atoms with Gasteiger partial charge in [-0.1, -0.05) is 24.3 Å². The molecule has 3 aliphatic carbocycles. The molecule has 2 saturated carbocycles. The number of hydrogen-bond acceptors (Lipinski definition) is 6. The van der Waals surface area contributed by atoms with Crippen LogP contribution in [0.25, 0.3) is 0 Å². The van der Waals surface area contributed by atoms with Crippen molar-refractivity contribution in [2.45, 2.75) is 73.4 Å². The van der Waals surface area contributed by atoms with Crippen molar-refractivity contribution in [3.8, 4) is 11.5 Å². The SMILES string of the molecule is O=C(Nc1ccccc1)[C@H]1O[C@@]23CC[C@]1(O)[C@@H]1Oc4c(O)ccc5c4[C@@]12CCN(CC1CC1)[C@@H]3C5. The number of aliphatic hydroxyl groups is 1. The summed E-state index contributed by atoms with van der Waals surface area (Å²) in [6.07, 6.45) is 3.60. The number of carbonyl (C=O) groups excluding carboxylic acids is 1. The highest BCUT2D eigenvalue weighted by molar-refractivity contribution is 5.95. The number of rotatable bonds is 4. The number of fused-ring (bicyclic) bond motifs is 2. The maximum Gasteiger partial charge on any atom is 0.256 e. The zero-order valence-electron chi connectivity index (χ0n) is 19.6. The van der Waals surface area contributed by atoms with E-state index < -0.39 is 28.8 Å². The van der Waals surface area contributed by atoms with Gasteiger partial charge >= 0.3 is 0 Å². The minimum absolute atomic E-state index is 0.106. The first-order valence-electron chi connectivity index (χ1n) is 13.0. The molecule has 2 aromatic rings. The van der Waals surface area contributed by atoms with Crippen LogP contribution in [0.3, 0.4) is 0 Å². The lowest BCUT2D eigenvalue weighted by Crippen LogP contribution is -2.87. The van der Waals surface area contributed by atoms with Crippen LogP contribution in [-0.4, -0.2) is 63.6 Å². The molecule has 5 fully saturated rings. The van der Waals surface area contributed by atoms with Crippen LogP contribution in [0.15, 0.2) is 42.5 Å². The fourth-order valence-corrected chi connectivity index (χ4v) is 8.33. The molecule has 2 aromatic carbocycles. The number of benzene rings is 2. The van der Waals surface area contributed by atoms with E-state index in [0.717, 1.165) is 37.4 Å². The van der Waals surface area contributed by atoms with Gasteiger partial charge in [-0.2, -0.15) is 0 Å². The average molecular weight is 475 g/mol. The van der Waals surface area contributed by atoms with E-state index in [-0.39, 0.29) is 17.7 Å². The molecule has 6 atom stereocenters. The number of phenols is 1. The highest BCUT2D eigenvalue weighted by Gasteiger charge is 2.82. The number of carbonyl (C=O) groups is 1. The molecule has 7 heteroatoms. The molecule has 7 nitrogen and oxygen atoms in total. The van der Waals surface area contributed by atoms with E-state index >= 15 is 0 Å². The molecule has 35 heavy (non-hydrogen) atoms. The van der Waals surface area contributed by atoms with E-state index in [9.17, 15) is 15.0 Å². The van der Waals surface area contributed by atoms with Crippen LogP contribution in [0, 0.1) is 5.92 Å². The van der Waals surface area contributed by atoms with E-state index in [4.69, 9.17) is 9.47 Å². The summed E-state index contributed by atoms with van der Waals surface area (Å²) < 4.78 is 13.5. The zero-order chi connectivity index (χ0) is 23.6. The first kappa shape index (κ1) is 20.6. The minimum atomic E-state index is -1.48. The fraction of sp³-hybridized carbons (Fsp3) is 0.536. The average Bonchev–Trinajstić information content (AvgIpc) is 3.60. The summed E-state index contributed by atoms with van der Waals surface area (Å²) in [6.45, 7) is 1.97. The number of likely N-dealkylation sites (tertiary alicyclic amines) is 1. The van der Waals surface area contributed by atoms with Gasteiger partial charge in [-0.3, -0.25) is 9.69 Å². The normalized spacial score (nSPS) is 40.2. The highest BCUT2D eigenvalue weighted by atomic mass is 16.6. The second-order valence-corrected chi connectivity index (χ2v) is 11.6. The molecule has 4 heterocycles. The topological polar surface area (TPSA) is 91.3 Å². The van der Waals surface area contributed by atoms with Gasteiger partial charge in [-0.25, -0.2) is 0 Å². The molecule has 0 radical (unpaired) electrons. The van der Waals surface area contributed by atoms with Crippen molar-refractivity contribution in [2.24, 2.45) is 5.92 Å². The van der Waals surface area contributed by atoms with Gasteiger partial charge in [0.1, 0.15) is 11.7 Å². The first-order valence-corrected chi connectivity index (χ1v) is 13.0. The van der Waals surface area contributed by atoms with Crippen LogP contribution >= 0.6 is 0 Å². The Labute approximate surface area is 204 Å². The maximum absolute atomic E-state index is 13.6. The molecular weight excluding hydrogens is 444 g/mol. The number of nitrogens with one attached hydrogen (secondary N) is 1. The van der Waals surface area contributed by atoms with Gasteiger partial charge < -0.3 is 25.0 Å². The van der Waals surface area contributed by atoms with Gasteiger partial charge in [0.25, 0.3) is 5.91 Å². The number of piperidine rings is 1. The van der Waals surface area contributed by atoms with Gasteiger partial charge in [0, 0.05) is 23.8 Å². The van der Waals surface area contributed by atoms with Gasteiger partial charge in [0.2, 0.25) is 0 Å². The van der Waals surface area contributed by atoms with Crippen molar-refractivity contribution in [2.75, 3.05) is 18.4 Å². The fourth-order valence-electron chi connectivity index (χ4n) is 8.33. The summed E-state index contributed by atoms with van der Waals surface area (Å²) in [4.78, 5) is 16.2. The van der Waals surface area contributed by atoms with Crippen LogP contribution in [0.5, 0.6) is 11.5 Å². The third kappa shape index (κ3) is 2.40. The lowest BCUT2D eigenvalue weighted by molar-refractivity contribution is -0.344. The highest BCUT2D eigenvalue weighted by Crippen LogP contribution is 2.71. The number of aromatic hydroxyl groups is 1. The Kier molecular flexibility index (Phi) is 3.87. The largest absolute Gasteiger partial charge is 0.504 e. The number of para-hydroxylation sites is 1. The van der Waals surface area contributed by atoms with Gasteiger partial charge in [-0.15, -0.1) is 0 Å². The third-order valence-electron chi connectivity index (χ3n) is 9.90. The Bertz CT molecular complexity index is 1250. The van der Waals surface area contributed by atoms with Crippen LogP contribution in [0.2, 0.25) is 0 Å². The molecule has 3 saturated heterocycles. The second-order valence-electron chi connectivity index (χ2n) is 11.6. The second kappa shape index (κ2) is 6.58. The summed E-state index contributed by atoms with van der Waals surface area (Å²) in [5.74, 6) is 0.997. The number of hydrogen-bond donors (Lipinski definition) is 3. The van der Waals surface area contributed by atoms with E-state index in [0.29, 0.717) is 24.3 Å². The molecule has 182 valence electrons. The molecule has 9 rings (SSSR count). The number of anilines is 1. The van der Waals surface area contributed by atoms with Crippen molar-refractivity contribution >= 4 is 11.6 Å². The third-order valence-corrected chi connectivity index (χ3v) is 9.90. The number of nitrogens with zero attached hydrogens (tertiary/aromatic N) is 1. The van der Waals surface area contributed by atoms with E-state index in [2.05, 4.69) is 10.2 Å². The van der Waals surface area contributed by atoms with Crippen LogP contribution < -0.4 is 10.1 Å². The lowest BCUT2D eigenvalue weighted by Gasteiger charge is -2.72. The van der Waals surface area contributed by atoms with Crippen molar-refractivity contribution in [1.29, 1.82) is 0 Å². The van der Waals surface area contributed by atoms with Crippen molar-refractivity contribution in [3.63, 3.8) is 0 Å². The Hall–Kier alpha value is -2.61. The number of phenolic OH excluding ortho intramolecular Hbond substituents is 1. The van der Waals surface area contributed by atoms with Crippen molar-refractivity contribution in [1.82, 2.24) is 4.90 Å². The smallest absolute Gasteiger partial charge is 0.256 e. The monoisotopic (exact) mass is 474 g/mol. The summed E-state index contributed by atoms with van der Waals surface area (Å²) in [6, 6.07) is 13.2. The predicted molar refractivity (Wildman–Crippen MR) is 127 cm³/mol. The number of amides is 1. The summed E-state index contributed by atoms with van der Waals surface area (Å²) in [5.41, 5.74) is 0.194. The van der Waals surface area contributed by atoms with Gasteiger partial charge in [-0.05, 0) is 74.8 Å². The molecular formula is C28H30N2O5. The summed E-state index contributed by atoms with van der Waals surface area (Å²) in [7, 11) is 0. The van der Waals surface area contributed by atoms with Gasteiger partial charge in [0.15, 0.2) is 17.6 Å². The van der Waals surface area contributed by atoms with E-state index in [1.54, 1.807) is 6.07 Å². The Morgan fingerprint density at radius 1 is 1.11 bits per heavy atom. The molecule has 3 N–H and O–H groups in total. The van der Waals surface area contributed by atoms with E-state index in [1.165, 1.54) is 18.4 Å².